The third-order valence-corrected chi connectivity index (χ3v) is 8.25. The number of aryl methyl sites for hydroxylation is 1. The standard InChI is InChI=1S/C25H32N2O3S/c1-19-26-25-23(20-12-8-6-4-3-5-7-9-13-20)16-11-17-24(25)27(19)31(28,29)22-15-10-14-21(18-22)30-2/h10-11,14-18,20H,3-9,12-13H2,1-2H3. The first kappa shape index (κ1) is 21.9. The second kappa shape index (κ2) is 9.43. The number of hydrogen-bond donors (Lipinski definition) is 0. The first-order valence-electron chi connectivity index (χ1n) is 11.4. The monoisotopic (exact) mass is 440 g/mol. The van der Waals surface area contributed by atoms with E-state index in [1.54, 1.807) is 31.2 Å². The summed E-state index contributed by atoms with van der Waals surface area (Å²) in [5.41, 5.74) is 2.68. The van der Waals surface area contributed by atoms with Crippen molar-refractivity contribution in [3.8, 4) is 5.75 Å². The Hall–Kier alpha value is -2.34. The van der Waals surface area contributed by atoms with Gasteiger partial charge in [-0.15, -0.1) is 0 Å². The van der Waals surface area contributed by atoms with Gasteiger partial charge in [0, 0.05) is 6.07 Å². The highest BCUT2D eigenvalue weighted by Crippen LogP contribution is 2.35. The minimum absolute atomic E-state index is 0.207. The van der Waals surface area contributed by atoms with Crippen LogP contribution in [-0.4, -0.2) is 24.5 Å². The maximum Gasteiger partial charge on any atom is 0.269 e. The molecule has 1 aliphatic carbocycles. The van der Waals surface area contributed by atoms with E-state index in [0.717, 1.165) is 18.4 Å². The maximum absolute atomic E-state index is 13.5. The fraction of sp³-hybridized carbons (Fsp3) is 0.480. The first-order chi connectivity index (χ1) is 15.0. The molecule has 0 bridgehead atoms. The molecule has 1 aliphatic rings. The van der Waals surface area contributed by atoms with E-state index in [2.05, 4.69) is 6.07 Å². The predicted molar refractivity (Wildman–Crippen MR) is 124 cm³/mol. The Labute approximate surface area is 185 Å². The number of fused-ring (bicyclic) bond motifs is 1. The lowest BCUT2D eigenvalue weighted by Gasteiger charge is -2.19. The minimum atomic E-state index is -3.78. The van der Waals surface area contributed by atoms with E-state index >= 15 is 0 Å². The van der Waals surface area contributed by atoms with E-state index in [0.29, 0.717) is 23.0 Å². The van der Waals surface area contributed by atoms with Crippen molar-refractivity contribution in [1.29, 1.82) is 0 Å². The van der Waals surface area contributed by atoms with Crippen molar-refractivity contribution in [3.05, 3.63) is 53.9 Å². The van der Waals surface area contributed by atoms with Crippen LogP contribution in [0.1, 0.15) is 75.1 Å². The zero-order valence-corrected chi connectivity index (χ0v) is 19.3. The lowest BCUT2D eigenvalue weighted by Crippen LogP contribution is -2.14. The molecule has 0 atom stereocenters. The summed E-state index contributed by atoms with van der Waals surface area (Å²) in [5.74, 6) is 1.44. The molecule has 0 spiro atoms. The van der Waals surface area contributed by atoms with Crippen LogP contribution in [-0.2, 0) is 10.0 Å². The van der Waals surface area contributed by atoms with Crippen LogP contribution in [0.2, 0.25) is 0 Å². The van der Waals surface area contributed by atoms with Crippen molar-refractivity contribution in [2.24, 2.45) is 0 Å². The number of methoxy groups -OCH3 is 1. The van der Waals surface area contributed by atoms with Gasteiger partial charge in [0.2, 0.25) is 0 Å². The molecule has 6 heteroatoms. The topological polar surface area (TPSA) is 61.2 Å². The molecular formula is C25H32N2O3S. The second-order valence-corrected chi connectivity index (χ2v) is 10.4. The molecule has 0 saturated heterocycles. The molecule has 1 heterocycles. The van der Waals surface area contributed by atoms with Crippen molar-refractivity contribution in [2.75, 3.05) is 7.11 Å². The quantitative estimate of drug-likeness (QED) is 0.485. The second-order valence-electron chi connectivity index (χ2n) is 8.57. The molecule has 1 aromatic heterocycles. The smallest absolute Gasteiger partial charge is 0.269 e. The van der Waals surface area contributed by atoms with Gasteiger partial charge in [0.05, 0.1) is 23.0 Å². The Balaban J connectivity index is 1.78. The molecule has 1 fully saturated rings. The predicted octanol–water partition coefficient (Wildman–Crippen LogP) is 6.20. The summed E-state index contributed by atoms with van der Waals surface area (Å²) in [4.78, 5) is 4.98. The van der Waals surface area contributed by atoms with Gasteiger partial charge in [0.25, 0.3) is 10.0 Å². The van der Waals surface area contributed by atoms with Crippen molar-refractivity contribution >= 4 is 21.1 Å². The molecule has 0 unspecified atom stereocenters. The molecule has 2 aromatic carbocycles. The fourth-order valence-corrected chi connectivity index (χ4v) is 6.36. The Bertz CT molecular complexity index is 1140. The zero-order valence-electron chi connectivity index (χ0n) is 18.5. The van der Waals surface area contributed by atoms with Gasteiger partial charge >= 0.3 is 0 Å². The average molecular weight is 441 g/mol. The van der Waals surface area contributed by atoms with Gasteiger partial charge in [-0.05, 0) is 49.4 Å². The van der Waals surface area contributed by atoms with Crippen molar-refractivity contribution in [1.82, 2.24) is 8.96 Å². The van der Waals surface area contributed by atoms with Gasteiger partial charge in [0.15, 0.2) is 0 Å². The Morgan fingerprint density at radius 2 is 1.58 bits per heavy atom. The highest BCUT2D eigenvalue weighted by atomic mass is 32.2. The van der Waals surface area contributed by atoms with Crippen LogP contribution in [0.15, 0.2) is 47.4 Å². The third kappa shape index (κ3) is 4.49. The molecule has 0 radical (unpaired) electrons. The van der Waals surface area contributed by atoms with E-state index in [1.807, 2.05) is 12.1 Å². The summed E-state index contributed by atoms with van der Waals surface area (Å²) < 4.78 is 33.7. The number of benzene rings is 2. The van der Waals surface area contributed by atoms with Gasteiger partial charge in [-0.25, -0.2) is 17.4 Å². The molecule has 3 aromatic rings. The van der Waals surface area contributed by atoms with E-state index < -0.39 is 10.0 Å². The van der Waals surface area contributed by atoms with Gasteiger partial charge in [0.1, 0.15) is 11.6 Å². The number of hydrogen-bond acceptors (Lipinski definition) is 4. The minimum Gasteiger partial charge on any atom is -0.497 e. The Morgan fingerprint density at radius 3 is 2.26 bits per heavy atom. The van der Waals surface area contributed by atoms with E-state index in [-0.39, 0.29) is 4.90 Å². The summed E-state index contributed by atoms with van der Waals surface area (Å²) in [5, 5.41) is 0. The van der Waals surface area contributed by atoms with Crippen molar-refractivity contribution < 1.29 is 13.2 Å². The molecular weight excluding hydrogens is 408 g/mol. The molecule has 0 amide bonds. The summed E-state index contributed by atoms with van der Waals surface area (Å²) in [6, 6.07) is 12.6. The maximum atomic E-state index is 13.5. The summed E-state index contributed by atoms with van der Waals surface area (Å²) in [6.45, 7) is 1.77. The molecule has 0 aliphatic heterocycles. The normalized spacial score (nSPS) is 17.0. The molecule has 166 valence electrons. The zero-order chi connectivity index (χ0) is 21.8. The number of aromatic nitrogens is 2. The number of ether oxygens (including phenoxy) is 1. The molecule has 5 nitrogen and oxygen atoms in total. The molecule has 0 N–H and O–H groups in total. The summed E-state index contributed by atoms with van der Waals surface area (Å²) in [7, 11) is -2.25. The van der Waals surface area contributed by atoms with Gasteiger partial charge in [-0.1, -0.05) is 63.1 Å². The molecule has 1 saturated carbocycles. The SMILES string of the molecule is COc1cccc(S(=O)(=O)n2c(C)nc3c(C4CCCCCCCCC4)cccc32)c1. The van der Waals surface area contributed by atoms with Crippen LogP contribution in [0.4, 0.5) is 0 Å². The highest BCUT2D eigenvalue weighted by molar-refractivity contribution is 7.90. The van der Waals surface area contributed by atoms with Crippen LogP contribution in [0.5, 0.6) is 5.75 Å². The lowest BCUT2D eigenvalue weighted by atomic mass is 9.86. The van der Waals surface area contributed by atoms with E-state index in [4.69, 9.17) is 9.72 Å². The van der Waals surface area contributed by atoms with Crippen LogP contribution < -0.4 is 4.74 Å². The lowest BCUT2D eigenvalue weighted by molar-refractivity contribution is 0.413. The van der Waals surface area contributed by atoms with Crippen LogP contribution in [0, 0.1) is 6.92 Å². The largest absolute Gasteiger partial charge is 0.497 e. The highest BCUT2D eigenvalue weighted by Gasteiger charge is 2.25. The van der Waals surface area contributed by atoms with Crippen molar-refractivity contribution in [3.63, 3.8) is 0 Å². The summed E-state index contributed by atoms with van der Waals surface area (Å²) in [6.07, 6.45) is 11.3. The van der Waals surface area contributed by atoms with Gasteiger partial charge < -0.3 is 4.74 Å². The van der Waals surface area contributed by atoms with Crippen LogP contribution in [0.25, 0.3) is 11.0 Å². The van der Waals surface area contributed by atoms with Crippen molar-refractivity contribution in [2.45, 2.75) is 75.5 Å². The molecule has 4 rings (SSSR count). The molecule has 31 heavy (non-hydrogen) atoms. The third-order valence-electron chi connectivity index (χ3n) is 6.46. The van der Waals surface area contributed by atoms with Crippen LogP contribution in [0.3, 0.4) is 0 Å². The van der Waals surface area contributed by atoms with E-state index in [1.165, 1.54) is 61.6 Å². The number of para-hydroxylation sites is 1. The number of rotatable bonds is 4. The van der Waals surface area contributed by atoms with Gasteiger partial charge in [-0.2, -0.15) is 0 Å². The van der Waals surface area contributed by atoms with Crippen LogP contribution >= 0.6 is 0 Å². The number of nitrogens with zero attached hydrogens (tertiary/aromatic N) is 2. The number of imidazole rings is 1. The summed E-state index contributed by atoms with van der Waals surface area (Å²) >= 11 is 0. The Morgan fingerprint density at radius 1 is 0.935 bits per heavy atom. The van der Waals surface area contributed by atoms with Gasteiger partial charge in [-0.3, -0.25) is 0 Å². The first-order valence-corrected chi connectivity index (χ1v) is 12.8. The average Bonchev–Trinajstić information content (AvgIpc) is 3.14. The Kier molecular flexibility index (Phi) is 6.65. The fourth-order valence-electron chi connectivity index (χ4n) is 4.84. The van der Waals surface area contributed by atoms with E-state index in [9.17, 15) is 8.42 Å².